The van der Waals surface area contributed by atoms with Gasteiger partial charge < -0.3 is 20.1 Å². The van der Waals surface area contributed by atoms with E-state index in [1.165, 1.54) is 11.8 Å². The number of benzene rings is 1. The van der Waals surface area contributed by atoms with Crippen LogP contribution >= 0.6 is 0 Å². The highest BCUT2D eigenvalue weighted by molar-refractivity contribution is 5.81. The molecule has 2 aromatic heterocycles. The Hall–Kier alpha value is -3.68. The van der Waals surface area contributed by atoms with Gasteiger partial charge in [-0.15, -0.1) is 0 Å². The van der Waals surface area contributed by atoms with Crippen molar-refractivity contribution in [1.82, 2.24) is 19.9 Å². The maximum absolute atomic E-state index is 12.5. The zero-order chi connectivity index (χ0) is 20.9. The molecule has 2 N–H and O–H groups in total. The van der Waals surface area contributed by atoms with Crippen molar-refractivity contribution in [2.24, 2.45) is 0 Å². The van der Waals surface area contributed by atoms with Gasteiger partial charge in [-0.1, -0.05) is 18.2 Å². The number of hydrogen-bond acceptors (Lipinski definition) is 6. The van der Waals surface area contributed by atoms with Crippen molar-refractivity contribution in [3.8, 4) is 11.4 Å². The number of piperazine rings is 1. The molecule has 0 saturated carbocycles. The number of aromatic amines is 1. The number of amides is 1. The number of para-hydroxylation sites is 1. The Morgan fingerprint density at radius 3 is 2.53 bits per heavy atom. The molecule has 3 aromatic rings. The van der Waals surface area contributed by atoms with E-state index in [2.05, 4.69) is 37.3 Å². The highest BCUT2D eigenvalue weighted by Gasteiger charge is 2.21. The average Bonchev–Trinajstić information content (AvgIpc) is 2.78. The standard InChI is InChI=1S/C22H24N6O2/c1-16-13-20(29)26-22(25-16)17-7-8-19(23-14-17)24-15-21(30)28-11-9-27(10-12-28)18-5-3-2-4-6-18/h2-8,13-14H,9-12,15H2,1H3,(H,23,24)(H,25,26,29). The summed E-state index contributed by atoms with van der Waals surface area (Å²) in [6, 6.07) is 15.3. The van der Waals surface area contributed by atoms with Crippen molar-refractivity contribution in [3.05, 3.63) is 70.8 Å². The summed E-state index contributed by atoms with van der Waals surface area (Å²) in [4.78, 5) is 39.7. The molecule has 3 heterocycles. The fourth-order valence-corrected chi connectivity index (χ4v) is 3.49. The summed E-state index contributed by atoms with van der Waals surface area (Å²) in [6.07, 6.45) is 1.63. The molecule has 0 atom stereocenters. The van der Waals surface area contributed by atoms with Crippen LogP contribution in [0.3, 0.4) is 0 Å². The second kappa shape index (κ2) is 8.77. The number of anilines is 2. The van der Waals surface area contributed by atoms with Crippen LogP contribution in [0.15, 0.2) is 59.5 Å². The fraction of sp³-hybridized carbons (Fsp3) is 0.273. The normalized spacial score (nSPS) is 13.9. The second-order valence-electron chi connectivity index (χ2n) is 7.22. The zero-order valence-electron chi connectivity index (χ0n) is 16.8. The third kappa shape index (κ3) is 4.65. The van der Waals surface area contributed by atoms with Gasteiger partial charge in [0, 0.05) is 55.4 Å². The first-order valence-corrected chi connectivity index (χ1v) is 9.94. The lowest BCUT2D eigenvalue weighted by atomic mass is 10.2. The molecular formula is C22H24N6O2. The SMILES string of the molecule is Cc1cc(=O)[nH]c(-c2ccc(NCC(=O)N3CCN(c4ccccc4)CC3)nc2)n1. The van der Waals surface area contributed by atoms with Crippen LogP contribution in [0.1, 0.15) is 5.69 Å². The van der Waals surface area contributed by atoms with Gasteiger partial charge in [-0.25, -0.2) is 9.97 Å². The summed E-state index contributed by atoms with van der Waals surface area (Å²) in [5.41, 5.74) is 2.35. The zero-order valence-corrected chi connectivity index (χ0v) is 16.8. The highest BCUT2D eigenvalue weighted by atomic mass is 16.2. The van der Waals surface area contributed by atoms with Crippen LogP contribution in [-0.2, 0) is 4.79 Å². The Bertz CT molecular complexity index is 1060. The van der Waals surface area contributed by atoms with Gasteiger partial charge >= 0.3 is 0 Å². The van der Waals surface area contributed by atoms with Crippen LogP contribution in [0.2, 0.25) is 0 Å². The number of carbonyl (C=O) groups excluding carboxylic acids is 1. The lowest BCUT2D eigenvalue weighted by molar-refractivity contribution is -0.129. The van der Waals surface area contributed by atoms with Gasteiger partial charge in [-0.05, 0) is 31.2 Å². The fourth-order valence-electron chi connectivity index (χ4n) is 3.49. The van der Waals surface area contributed by atoms with Gasteiger partial charge in [0.1, 0.15) is 11.6 Å². The topological polar surface area (TPSA) is 94.2 Å². The van der Waals surface area contributed by atoms with Gasteiger partial charge in [-0.2, -0.15) is 0 Å². The molecule has 1 aromatic carbocycles. The number of aryl methyl sites for hydroxylation is 1. The van der Waals surface area contributed by atoms with E-state index in [0.717, 1.165) is 13.1 Å². The average molecular weight is 404 g/mol. The van der Waals surface area contributed by atoms with Gasteiger partial charge in [0.2, 0.25) is 5.91 Å². The minimum absolute atomic E-state index is 0.0540. The van der Waals surface area contributed by atoms with Crippen LogP contribution in [-0.4, -0.2) is 58.5 Å². The molecule has 0 aliphatic carbocycles. The molecule has 1 aliphatic rings. The second-order valence-corrected chi connectivity index (χ2v) is 7.22. The smallest absolute Gasteiger partial charge is 0.251 e. The largest absolute Gasteiger partial charge is 0.368 e. The van der Waals surface area contributed by atoms with Gasteiger partial charge in [0.05, 0.1) is 6.54 Å². The van der Waals surface area contributed by atoms with Crippen molar-refractivity contribution in [2.75, 3.05) is 42.9 Å². The molecule has 154 valence electrons. The minimum atomic E-state index is -0.197. The van der Waals surface area contributed by atoms with E-state index in [9.17, 15) is 9.59 Å². The Morgan fingerprint density at radius 2 is 1.87 bits per heavy atom. The molecule has 1 saturated heterocycles. The molecule has 30 heavy (non-hydrogen) atoms. The molecule has 1 fully saturated rings. The number of aromatic nitrogens is 3. The van der Waals surface area contributed by atoms with E-state index in [-0.39, 0.29) is 18.0 Å². The van der Waals surface area contributed by atoms with Gasteiger partial charge in [0.25, 0.3) is 5.56 Å². The summed E-state index contributed by atoms with van der Waals surface area (Å²) >= 11 is 0. The molecule has 0 radical (unpaired) electrons. The third-order valence-electron chi connectivity index (χ3n) is 5.08. The van der Waals surface area contributed by atoms with Gasteiger partial charge in [0.15, 0.2) is 0 Å². The van der Waals surface area contributed by atoms with Crippen LogP contribution in [0, 0.1) is 6.92 Å². The van der Waals surface area contributed by atoms with E-state index in [4.69, 9.17) is 0 Å². The number of hydrogen-bond donors (Lipinski definition) is 2. The summed E-state index contributed by atoms with van der Waals surface area (Å²) in [5.74, 6) is 1.13. The molecule has 0 spiro atoms. The monoisotopic (exact) mass is 404 g/mol. The van der Waals surface area contributed by atoms with Crippen LogP contribution in [0.5, 0.6) is 0 Å². The third-order valence-corrected chi connectivity index (χ3v) is 5.08. The number of H-pyrrole nitrogens is 1. The Balaban J connectivity index is 1.29. The molecular weight excluding hydrogens is 380 g/mol. The van der Waals surface area contributed by atoms with Gasteiger partial charge in [-0.3, -0.25) is 9.59 Å². The van der Waals surface area contributed by atoms with Crippen molar-refractivity contribution < 1.29 is 4.79 Å². The highest BCUT2D eigenvalue weighted by Crippen LogP contribution is 2.16. The molecule has 4 rings (SSSR count). The van der Waals surface area contributed by atoms with Crippen LogP contribution in [0.25, 0.3) is 11.4 Å². The summed E-state index contributed by atoms with van der Waals surface area (Å²) in [7, 11) is 0. The lowest BCUT2D eigenvalue weighted by Gasteiger charge is -2.36. The van der Waals surface area contributed by atoms with E-state index >= 15 is 0 Å². The minimum Gasteiger partial charge on any atom is -0.368 e. The van der Waals surface area contributed by atoms with E-state index < -0.39 is 0 Å². The summed E-state index contributed by atoms with van der Waals surface area (Å²) in [5, 5.41) is 3.08. The van der Waals surface area contributed by atoms with E-state index in [1.54, 1.807) is 19.2 Å². The van der Waals surface area contributed by atoms with E-state index in [1.807, 2.05) is 29.2 Å². The first kappa shape index (κ1) is 19.6. The Kier molecular flexibility index (Phi) is 5.74. The van der Waals surface area contributed by atoms with Crippen molar-refractivity contribution in [2.45, 2.75) is 6.92 Å². The van der Waals surface area contributed by atoms with Crippen molar-refractivity contribution in [3.63, 3.8) is 0 Å². The predicted molar refractivity (Wildman–Crippen MR) is 117 cm³/mol. The quantitative estimate of drug-likeness (QED) is 0.675. The van der Waals surface area contributed by atoms with Crippen LogP contribution in [0.4, 0.5) is 11.5 Å². The molecule has 8 nitrogen and oxygen atoms in total. The Labute approximate surface area is 174 Å². The predicted octanol–water partition coefficient (Wildman–Crippen LogP) is 1.90. The number of nitrogens with one attached hydrogen (secondary N) is 2. The first-order chi connectivity index (χ1) is 14.6. The molecule has 1 aliphatic heterocycles. The van der Waals surface area contributed by atoms with E-state index in [0.29, 0.717) is 36.0 Å². The lowest BCUT2D eigenvalue weighted by Crippen LogP contribution is -2.50. The molecule has 1 amide bonds. The first-order valence-electron chi connectivity index (χ1n) is 9.94. The maximum Gasteiger partial charge on any atom is 0.251 e. The number of rotatable bonds is 5. The van der Waals surface area contributed by atoms with Crippen molar-refractivity contribution in [1.29, 1.82) is 0 Å². The number of pyridine rings is 1. The van der Waals surface area contributed by atoms with Crippen molar-refractivity contribution >= 4 is 17.4 Å². The summed E-state index contributed by atoms with van der Waals surface area (Å²) < 4.78 is 0. The number of nitrogens with zero attached hydrogens (tertiary/aromatic N) is 4. The molecule has 0 unspecified atom stereocenters. The molecule has 8 heteroatoms. The Morgan fingerprint density at radius 1 is 1.10 bits per heavy atom. The maximum atomic E-state index is 12.5. The summed E-state index contributed by atoms with van der Waals surface area (Å²) in [6.45, 7) is 5.02. The number of carbonyl (C=O) groups is 1. The van der Waals surface area contributed by atoms with Crippen LogP contribution < -0.4 is 15.8 Å². The molecule has 0 bridgehead atoms.